The van der Waals surface area contributed by atoms with Crippen LogP contribution in [-0.2, 0) is 4.74 Å². The van der Waals surface area contributed by atoms with Crippen molar-refractivity contribution in [1.82, 2.24) is 4.90 Å². The molecule has 0 atom stereocenters. The molecule has 0 radical (unpaired) electrons. The van der Waals surface area contributed by atoms with Crippen molar-refractivity contribution in [2.75, 3.05) is 33.4 Å². The summed E-state index contributed by atoms with van der Waals surface area (Å²) in [4.78, 5) is 29.5. The van der Waals surface area contributed by atoms with Crippen molar-refractivity contribution < 1.29 is 23.5 Å². The molecule has 232 valence electrons. The van der Waals surface area contributed by atoms with Crippen LogP contribution in [0.3, 0.4) is 0 Å². The van der Waals surface area contributed by atoms with E-state index in [2.05, 4.69) is 44.8 Å². The summed E-state index contributed by atoms with van der Waals surface area (Å²) < 4.78 is 18.5. The van der Waals surface area contributed by atoms with Crippen LogP contribution < -0.4 is 9.16 Å². The van der Waals surface area contributed by atoms with E-state index in [9.17, 15) is 9.59 Å². The third-order valence-corrected chi connectivity index (χ3v) is 14.4. The number of fused-ring (bicyclic) bond motifs is 1. The molecule has 0 saturated carbocycles. The second-order valence-electron chi connectivity index (χ2n) is 13.0. The molecular formula is C36H43NO5SSi. The van der Waals surface area contributed by atoms with Gasteiger partial charge in [-0.2, -0.15) is 0 Å². The number of rotatable bonds is 10. The van der Waals surface area contributed by atoms with Crippen LogP contribution >= 0.6 is 11.3 Å². The lowest BCUT2D eigenvalue weighted by atomic mass is 9.97. The minimum Gasteiger partial charge on any atom is -0.543 e. The minimum absolute atomic E-state index is 0.0544. The van der Waals surface area contributed by atoms with Gasteiger partial charge in [0.25, 0.3) is 0 Å². The quantitative estimate of drug-likeness (QED) is 0.0992. The van der Waals surface area contributed by atoms with Crippen LogP contribution in [0.4, 0.5) is 0 Å². The fourth-order valence-electron chi connectivity index (χ4n) is 5.21. The van der Waals surface area contributed by atoms with Gasteiger partial charge in [0.05, 0.1) is 12.7 Å². The molecule has 1 fully saturated rings. The molecule has 44 heavy (non-hydrogen) atoms. The van der Waals surface area contributed by atoms with E-state index in [-0.39, 0.29) is 10.8 Å². The Morgan fingerprint density at radius 2 is 1.50 bits per heavy atom. The summed E-state index contributed by atoms with van der Waals surface area (Å²) in [6.07, 6.45) is 3.84. The predicted octanol–water partition coefficient (Wildman–Crippen LogP) is 8.83. The highest BCUT2D eigenvalue weighted by molar-refractivity contribution is 7.22. The number of benzene rings is 3. The Kier molecular flexibility index (Phi) is 9.63. The van der Waals surface area contributed by atoms with Crippen LogP contribution in [0.25, 0.3) is 20.5 Å². The van der Waals surface area contributed by atoms with Gasteiger partial charge in [-0.1, -0.05) is 39.3 Å². The molecule has 4 aromatic rings. The molecule has 0 bridgehead atoms. The van der Waals surface area contributed by atoms with Gasteiger partial charge in [0.15, 0.2) is 5.78 Å². The maximum atomic E-state index is 14.2. The van der Waals surface area contributed by atoms with E-state index >= 15 is 0 Å². The molecule has 0 amide bonds. The SMILES string of the molecule is COC(=O)c1ccc(-c2sc3cc(O[Si](C)(C)C(C)(C)C)ccc3c2C(=O)c2ccc(OCCN3CCCCC3)cc2)cc1. The smallest absolute Gasteiger partial charge is 0.337 e. The Balaban J connectivity index is 1.45. The summed E-state index contributed by atoms with van der Waals surface area (Å²) in [5.74, 6) is 1.14. The molecule has 1 aliphatic heterocycles. The second kappa shape index (κ2) is 13.3. The van der Waals surface area contributed by atoms with E-state index in [4.69, 9.17) is 13.9 Å². The summed E-state index contributed by atoms with van der Waals surface area (Å²) in [5.41, 5.74) is 2.58. The molecule has 0 spiro atoms. The van der Waals surface area contributed by atoms with Gasteiger partial charge in [-0.15, -0.1) is 11.3 Å². The van der Waals surface area contributed by atoms with Crippen molar-refractivity contribution in [3.63, 3.8) is 0 Å². The van der Waals surface area contributed by atoms with E-state index < -0.39 is 14.3 Å². The van der Waals surface area contributed by atoms with E-state index in [1.807, 2.05) is 48.5 Å². The van der Waals surface area contributed by atoms with Gasteiger partial charge in [0.1, 0.15) is 18.1 Å². The van der Waals surface area contributed by atoms with Crippen LogP contribution in [0.1, 0.15) is 66.3 Å². The topological polar surface area (TPSA) is 65.1 Å². The summed E-state index contributed by atoms with van der Waals surface area (Å²) in [5, 5.41) is 0.950. The number of carbonyl (C=O) groups excluding carboxylic acids is 2. The van der Waals surface area contributed by atoms with Crippen LogP contribution in [0, 0.1) is 0 Å². The van der Waals surface area contributed by atoms with Gasteiger partial charge in [-0.3, -0.25) is 9.69 Å². The average Bonchev–Trinajstić information content (AvgIpc) is 3.39. The number of methoxy groups -OCH3 is 1. The zero-order valence-electron chi connectivity index (χ0n) is 26.7. The lowest BCUT2D eigenvalue weighted by Gasteiger charge is -2.36. The Morgan fingerprint density at radius 1 is 0.864 bits per heavy atom. The zero-order chi connectivity index (χ0) is 31.5. The first-order chi connectivity index (χ1) is 21.0. The molecule has 5 rings (SSSR count). The summed E-state index contributed by atoms with van der Waals surface area (Å²) in [6, 6.07) is 20.7. The van der Waals surface area contributed by atoms with Crippen LogP contribution in [0.5, 0.6) is 11.5 Å². The first kappa shape index (κ1) is 31.9. The van der Waals surface area contributed by atoms with Gasteiger partial charge in [-0.05, 0) is 104 Å². The highest BCUT2D eigenvalue weighted by Crippen LogP contribution is 2.43. The highest BCUT2D eigenvalue weighted by Gasteiger charge is 2.39. The highest BCUT2D eigenvalue weighted by atomic mass is 32.1. The van der Waals surface area contributed by atoms with E-state index in [0.717, 1.165) is 51.7 Å². The Bertz CT molecular complexity index is 1610. The fourth-order valence-corrected chi connectivity index (χ4v) is 7.47. The summed E-state index contributed by atoms with van der Waals surface area (Å²) >= 11 is 1.56. The van der Waals surface area contributed by atoms with Gasteiger partial charge in [0, 0.05) is 32.6 Å². The third-order valence-electron chi connectivity index (χ3n) is 8.88. The van der Waals surface area contributed by atoms with Crippen LogP contribution in [-0.4, -0.2) is 58.3 Å². The number of likely N-dealkylation sites (tertiary alicyclic amines) is 1. The average molecular weight is 630 g/mol. The minimum atomic E-state index is -2.05. The van der Waals surface area contributed by atoms with Crippen LogP contribution in [0.15, 0.2) is 66.7 Å². The van der Waals surface area contributed by atoms with Gasteiger partial charge < -0.3 is 13.9 Å². The molecule has 3 aromatic carbocycles. The maximum Gasteiger partial charge on any atom is 0.337 e. The van der Waals surface area contributed by atoms with Crippen molar-refractivity contribution in [3.8, 4) is 21.9 Å². The molecular weight excluding hydrogens is 587 g/mol. The van der Waals surface area contributed by atoms with Gasteiger partial charge >= 0.3 is 5.97 Å². The van der Waals surface area contributed by atoms with Gasteiger partial charge in [-0.25, -0.2) is 4.79 Å². The molecule has 0 N–H and O–H groups in total. The van der Waals surface area contributed by atoms with Crippen LogP contribution in [0.2, 0.25) is 18.1 Å². The number of nitrogens with zero attached hydrogens (tertiary/aromatic N) is 1. The molecule has 8 heteroatoms. The number of esters is 1. The van der Waals surface area contributed by atoms with Crippen molar-refractivity contribution in [2.45, 2.75) is 58.2 Å². The van der Waals surface area contributed by atoms with Crippen molar-refractivity contribution in [1.29, 1.82) is 0 Å². The third kappa shape index (κ3) is 7.09. The maximum absolute atomic E-state index is 14.2. The summed E-state index contributed by atoms with van der Waals surface area (Å²) in [7, 11) is -0.676. The summed E-state index contributed by atoms with van der Waals surface area (Å²) in [6.45, 7) is 15.0. The van der Waals surface area contributed by atoms with Crippen molar-refractivity contribution in [2.24, 2.45) is 0 Å². The van der Waals surface area contributed by atoms with Crippen molar-refractivity contribution >= 4 is 41.5 Å². The number of hydrogen-bond acceptors (Lipinski definition) is 7. The first-order valence-electron chi connectivity index (χ1n) is 15.4. The molecule has 0 unspecified atom stereocenters. The Hall–Kier alpha value is -3.46. The molecule has 2 heterocycles. The zero-order valence-corrected chi connectivity index (χ0v) is 28.5. The first-order valence-corrected chi connectivity index (χ1v) is 19.1. The Labute approximate surface area is 266 Å². The number of ether oxygens (including phenoxy) is 2. The molecule has 0 aliphatic carbocycles. The number of hydrogen-bond donors (Lipinski definition) is 0. The second-order valence-corrected chi connectivity index (χ2v) is 18.8. The number of piperidine rings is 1. The van der Waals surface area contributed by atoms with Gasteiger partial charge in [0.2, 0.25) is 8.32 Å². The Morgan fingerprint density at radius 3 is 2.14 bits per heavy atom. The molecule has 1 saturated heterocycles. The van der Waals surface area contributed by atoms with E-state index in [0.29, 0.717) is 23.3 Å². The molecule has 1 aromatic heterocycles. The standard InChI is InChI=1S/C36H43NO5SSi/c1-36(2,3)44(5,6)42-29-18-19-30-31(24-29)43-34(26-10-12-27(13-11-26)35(39)40-4)32(30)33(38)25-14-16-28(17-15-25)41-23-22-37-20-8-7-9-21-37/h10-19,24H,7-9,20-23H2,1-6H3. The van der Waals surface area contributed by atoms with E-state index in [1.165, 1.54) is 26.4 Å². The lowest BCUT2D eigenvalue weighted by molar-refractivity contribution is 0.0600. The lowest BCUT2D eigenvalue weighted by Crippen LogP contribution is -2.43. The molecule has 6 nitrogen and oxygen atoms in total. The number of thiophene rings is 1. The predicted molar refractivity (Wildman–Crippen MR) is 182 cm³/mol. The number of carbonyl (C=O) groups is 2. The monoisotopic (exact) mass is 629 g/mol. The normalized spacial score (nSPS) is 14.4. The van der Waals surface area contributed by atoms with Crippen molar-refractivity contribution in [3.05, 3.63) is 83.4 Å². The largest absolute Gasteiger partial charge is 0.543 e. The van der Waals surface area contributed by atoms with E-state index in [1.54, 1.807) is 23.5 Å². The number of ketones is 1. The fraction of sp³-hybridized carbons (Fsp3) is 0.389. The molecule has 1 aliphatic rings.